The minimum atomic E-state index is -0.0785. The second-order valence-corrected chi connectivity index (χ2v) is 15.7. The minimum absolute atomic E-state index is 0.0785. The van der Waals surface area contributed by atoms with Crippen LogP contribution in [0.15, 0.2) is 181 Å². The maximum Gasteiger partial charge on any atom is 0.0632 e. The lowest BCUT2D eigenvalue weighted by atomic mass is 9.62. The molecule has 0 radical (unpaired) electrons. The maximum absolute atomic E-state index is 9.35. The molecule has 0 saturated carbocycles. The van der Waals surface area contributed by atoms with Crippen LogP contribution in [-0.4, -0.2) is 10.3 Å². The third kappa shape index (κ3) is 5.78. The summed E-state index contributed by atoms with van der Waals surface area (Å²) in [5.74, 6) is 0.476. The van der Waals surface area contributed by atoms with Gasteiger partial charge in [0.15, 0.2) is 0 Å². The van der Waals surface area contributed by atoms with Gasteiger partial charge in [0, 0.05) is 39.5 Å². The van der Waals surface area contributed by atoms with Gasteiger partial charge < -0.3 is 15.3 Å². The first kappa shape index (κ1) is 34.1. The third-order valence-corrected chi connectivity index (χ3v) is 12.4. The van der Waals surface area contributed by atoms with Crippen molar-refractivity contribution in [2.75, 3.05) is 0 Å². The summed E-state index contributed by atoms with van der Waals surface area (Å²) in [4.78, 5) is 0. The van der Waals surface area contributed by atoms with Crippen LogP contribution in [0.1, 0.15) is 54.9 Å². The Kier molecular flexibility index (Phi) is 8.52. The van der Waals surface area contributed by atoms with Gasteiger partial charge in [0.05, 0.1) is 16.7 Å². The Balaban J connectivity index is 1.04. The normalized spacial score (nSPS) is 18.9. The van der Waals surface area contributed by atoms with Crippen LogP contribution in [0.2, 0.25) is 0 Å². The Morgan fingerprint density at radius 1 is 0.804 bits per heavy atom. The second kappa shape index (κ2) is 14.0. The molecule has 1 aromatic heterocycles. The van der Waals surface area contributed by atoms with Gasteiger partial charge in [-0.15, -0.1) is 0 Å². The highest BCUT2D eigenvalue weighted by Crippen LogP contribution is 2.52. The van der Waals surface area contributed by atoms with Crippen LogP contribution in [0.4, 0.5) is 0 Å². The molecule has 0 aliphatic heterocycles. The summed E-state index contributed by atoms with van der Waals surface area (Å²) >= 11 is 0. The Bertz CT molecular complexity index is 2820. The lowest BCUT2D eigenvalue weighted by Crippen LogP contribution is -2.34. The van der Waals surface area contributed by atoms with Crippen molar-refractivity contribution in [3.05, 3.63) is 203 Å². The Labute approximate surface area is 329 Å². The van der Waals surface area contributed by atoms with Gasteiger partial charge in [0.2, 0.25) is 0 Å². The number of aromatic nitrogens is 1. The number of nitrogens with zero attached hydrogens (tertiary/aromatic N) is 1. The van der Waals surface area contributed by atoms with Gasteiger partial charge in [-0.3, -0.25) is 0 Å². The van der Waals surface area contributed by atoms with Crippen molar-refractivity contribution in [1.82, 2.24) is 9.88 Å². The van der Waals surface area contributed by atoms with E-state index in [1.807, 2.05) is 6.08 Å². The molecule has 2 unspecified atom stereocenters. The van der Waals surface area contributed by atoms with Crippen LogP contribution in [0.25, 0.3) is 55.5 Å². The van der Waals surface area contributed by atoms with Gasteiger partial charge in [-0.25, -0.2) is 0 Å². The van der Waals surface area contributed by atoms with Gasteiger partial charge in [-0.05, 0) is 106 Å². The summed E-state index contributed by atoms with van der Waals surface area (Å²) in [5.41, 5.74) is 13.5. The monoisotopic (exact) mass is 723 g/mol. The van der Waals surface area contributed by atoms with Gasteiger partial charge >= 0.3 is 0 Å². The van der Waals surface area contributed by atoms with Crippen molar-refractivity contribution in [1.29, 1.82) is 5.41 Å². The summed E-state index contributed by atoms with van der Waals surface area (Å²) in [5, 5.41) is 18.3. The zero-order valence-electron chi connectivity index (χ0n) is 31.8. The van der Waals surface area contributed by atoms with E-state index in [2.05, 4.69) is 187 Å². The highest BCUT2D eigenvalue weighted by Gasteiger charge is 2.40. The van der Waals surface area contributed by atoms with Crippen molar-refractivity contribution in [3.8, 4) is 16.8 Å². The van der Waals surface area contributed by atoms with Crippen molar-refractivity contribution < 1.29 is 0 Å². The SMILES string of the molecule is CC12C=CCCC1C=Cc1c2c2c3ccccc3n(-c3ccc(C(=N)/C=C(\NCc4cccc(-c5ccccc5)c4)C4=CC=CCC4)cc3)c2c2ccccc12. The number of para-hydroxylation sites is 1. The number of hydrogen-bond donors (Lipinski definition) is 2. The molecular weight excluding hydrogens is 679 g/mol. The first-order valence-electron chi connectivity index (χ1n) is 20.1. The van der Waals surface area contributed by atoms with Crippen molar-refractivity contribution >= 4 is 44.4 Å². The van der Waals surface area contributed by atoms with Gasteiger partial charge in [-0.1, -0.05) is 153 Å². The fourth-order valence-corrected chi connectivity index (χ4v) is 9.54. The molecular formula is C53H45N3. The Hall–Kier alpha value is -6.45. The average Bonchev–Trinajstić information content (AvgIpc) is 3.60. The van der Waals surface area contributed by atoms with Gasteiger partial charge in [0.1, 0.15) is 0 Å². The molecule has 3 heteroatoms. The molecule has 56 heavy (non-hydrogen) atoms. The first-order chi connectivity index (χ1) is 27.6. The molecule has 0 amide bonds. The highest BCUT2D eigenvalue weighted by molar-refractivity contribution is 6.23. The molecule has 3 aliphatic rings. The average molecular weight is 724 g/mol. The minimum Gasteiger partial charge on any atom is -0.381 e. The molecule has 2 N–H and O–H groups in total. The Morgan fingerprint density at radius 2 is 1.57 bits per heavy atom. The van der Waals surface area contributed by atoms with Crippen LogP contribution >= 0.6 is 0 Å². The maximum atomic E-state index is 9.35. The van der Waals surface area contributed by atoms with Gasteiger partial charge in [-0.2, -0.15) is 0 Å². The molecule has 3 aliphatic carbocycles. The predicted molar refractivity (Wildman–Crippen MR) is 237 cm³/mol. The van der Waals surface area contributed by atoms with E-state index in [1.165, 1.54) is 72.4 Å². The molecule has 6 aromatic carbocycles. The number of rotatable bonds is 8. The third-order valence-electron chi connectivity index (χ3n) is 12.4. The van der Waals surface area contributed by atoms with Crippen LogP contribution in [0.5, 0.6) is 0 Å². The summed E-state index contributed by atoms with van der Waals surface area (Å²) < 4.78 is 2.47. The molecule has 7 aromatic rings. The van der Waals surface area contributed by atoms with Crippen LogP contribution in [0.3, 0.4) is 0 Å². The molecule has 3 nitrogen and oxygen atoms in total. The standard InChI is InChI=1S/C53H45N3/c1-53-32-13-12-21-41(53)28-31-44-43-22-8-9-23-45(43)52-50(51(44)53)46-24-10-11-25-49(46)56(52)42-29-26-38(27-30-42)47(54)34-48(39-18-6-3-7-19-39)55-35-36-15-14-20-40(33-36)37-16-4-2-5-17-37/h2-6,8-11,13-18,20,22-34,41,54-55H,7,12,19,21,35H2,1H3/b48-34-,54-47?. The van der Waals surface area contributed by atoms with Crippen molar-refractivity contribution in [3.63, 3.8) is 0 Å². The van der Waals surface area contributed by atoms with Crippen LogP contribution < -0.4 is 5.32 Å². The largest absolute Gasteiger partial charge is 0.381 e. The molecule has 10 rings (SSSR count). The quantitative estimate of drug-likeness (QED) is 0.119. The van der Waals surface area contributed by atoms with E-state index in [9.17, 15) is 5.41 Å². The molecule has 0 spiro atoms. The zero-order valence-corrected chi connectivity index (χ0v) is 31.8. The highest BCUT2D eigenvalue weighted by atomic mass is 15.0. The van der Waals surface area contributed by atoms with Crippen molar-refractivity contribution in [2.45, 2.75) is 44.6 Å². The van der Waals surface area contributed by atoms with E-state index in [4.69, 9.17) is 0 Å². The molecule has 0 fully saturated rings. The predicted octanol–water partition coefficient (Wildman–Crippen LogP) is 13.2. The van der Waals surface area contributed by atoms with Gasteiger partial charge in [0.25, 0.3) is 0 Å². The van der Waals surface area contributed by atoms with Crippen LogP contribution in [0, 0.1) is 11.3 Å². The van der Waals surface area contributed by atoms with E-state index in [0.717, 1.165) is 36.2 Å². The lowest BCUT2D eigenvalue weighted by molar-refractivity contribution is 0.388. The molecule has 2 atom stereocenters. The molecule has 0 bridgehead atoms. The molecule has 0 saturated heterocycles. The lowest BCUT2D eigenvalue weighted by Gasteiger charge is -2.41. The zero-order chi connectivity index (χ0) is 37.6. The van der Waals surface area contributed by atoms with Crippen LogP contribution in [-0.2, 0) is 12.0 Å². The van der Waals surface area contributed by atoms with E-state index in [-0.39, 0.29) is 5.41 Å². The summed E-state index contributed by atoms with van der Waals surface area (Å²) in [7, 11) is 0. The molecule has 272 valence electrons. The Morgan fingerprint density at radius 3 is 2.39 bits per heavy atom. The number of hydrogen-bond acceptors (Lipinski definition) is 2. The summed E-state index contributed by atoms with van der Waals surface area (Å²) in [6, 6.07) is 45.8. The van der Waals surface area contributed by atoms with E-state index >= 15 is 0 Å². The number of allylic oxidation sites excluding steroid dienone is 8. The van der Waals surface area contributed by atoms with E-state index in [1.54, 1.807) is 0 Å². The fraction of sp³-hybridized carbons (Fsp3) is 0.151. The second-order valence-electron chi connectivity index (χ2n) is 15.7. The van der Waals surface area contributed by atoms with Crippen molar-refractivity contribution in [2.24, 2.45) is 5.92 Å². The topological polar surface area (TPSA) is 40.8 Å². The van der Waals surface area contributed by atoms with E-state index in [0.29, 0.717) is 18.2 Å². The van der Waals surface area contributed by atoms with E-state index < -0.39 is 0 Å². The summed E-state index contributed by atoms with van der Waals surface area (Å²) in [6.07, 6.45) is 22.6. The first-order valence-corrected chi connectivity index (χ1v) is 20.1. The smallest absolute Gasteiger partial charge is 0.0632 e. The summed E-state index contributed by atoms with van der Waals surface area (Å²) in [6.45, 7) is 3.13. The number of nitrogens with one attached hydrogen (secondary N) is 2. The number of benzene rings is 6. The number of fused-ring (bicyclic) bond motifs is 10. The fourth-order valence-electron chi connectivity index (χ4n) is 9.54. The molecule has 1 heterocycles.